The quantitative estimate of drug-likeness (QED) is 0.634. The summed E-state index contributed by atoms with van der Waals surface area (Å²) in [7, 11) is 1.87. The molecule has 24 heavy (non-hydrogen) atoms. The predicted octanol–water partition coefficient (Wildman–Crippen LogP) is 3.51. The number of imidazole rings is 1. The van der Waals surface area contributed by atoms with E-state index in [0.29, 0.717) is 5.01 Å². The van der Waals surface area contributed by atoms with Crippen molar-refractivity contribution in [2.24, 2.45) is 7.05 Å². The molecule has 1 unspecified atom stereocenters. The van der Waals surface area contributed by atoms with Crippen LogP contribution < -0.4 is 0 Å². The number of hydrogen-bond acceptors (Lipinski definition) is 6. The van der Waals surface area contributed by atoms with Gasteiger partial charge >= 0.3 is 0 Å². The number of carbonyl (C=O) groups is 1. The number of hydrogen-bond donors (Lipinski definition) is 0. The van der Waals surface area contributed by atoms with Crippen molar-refractivity contribution in [3.63, 3.8) is 0 Å². The standard InChI is InChI=1S/C17H14N4OS2/c1-21-8-7-19-17(21)24-11-15(22)13(9-18)16-20-14(10-23-16)12-5-3-2-4-6-12/h2-8,10,13H,11H2,1H3. The number of ketones is 1. The molecule has 7 heteroatoms. The van der Waals surface area contributed by atoms with E-state index in [1.165, 1.54) is 23.1 Å². The van der Waals surface area contributed by atoms with Crippen molar-refractivity contribution in [1.29, 1.82) is 5.26 Å². The molecule has 0 aliphatic heterocycles. The van der Waals surface area contributed by atoms with Gasteiger partial charge in [0.25, 0.3) is 0 Å². The molecule has 5 nitrogen and oxygen atoms in total. The maximum absolute atomic E-state index is 12.4. The molecule has 1 atom stereocenters. The number of carbonyl (C=O) groups excluding carboxylic acids is 1. The van der Waals surface area contributed by atoms with Crippen molar-refractivity contribution >= 4 is 28.9 Å². The van der Waals surface area contributed by atoms with Crippen molar-refractivity contribution in [1.82, 2.24) is 14.5 Å². The van der Waals surface area contributed by atoms with Crippen LogP contribution in [0.1, 0.15) is 10.9 Å². The van der Waals surface area contributed by atoms with Gasteiger partial charge in [0.15, 0.2) is 16.9 Å². The van der Waals surface area contributed by atoms with Gasteiger partial charge in [-0.1, -0.05) is 42.1 Å². The second kappa shape index (κ2) is 7.43. The fourth-order valence-corrected chi connectivity index (χ4v) is 3.87. The van der Waals surface area contributed by atoms with E-state index in [4.69, 9.17) is 0 Å². The lowest BCUT2D eigenvalue weighted by molar-refractivity contribution is -0.116. The van der Waals surface area contributed by atoms with E-state index in [0.717, 1.165) is 16.4 Å². The van der Waals surface area contributed by atoms with Gasteiger partial charge in [-0.3, -0.25) is 4.79 Å². The van der Waals surface area contributed by atoms with Crippen LogP contribution in [0, 0.1) is 11.3 Å². The molecule has 0 spiro atoms. The maximum atomic E-state index is 12.4. The Labute approximate surface area is 148 Å². The van der Waals surface area contributed by atoms with Gasteiger partial charge in [0.2, 0.25) is 0 Å². The number of Topliss-reactive ketones (excluding diaryl/α,β-unsaturated/α-hetero) is 1. The lowest BCUT2D eigenvalue weighted by Crippen LogP contribution is -2.13. The van der Waals surface area contributed by atoms with Crippen LogP contribution in [0.3, 0.4) is 0 Å². The van der Waals surface area contributed by atoms with Crippen molar-refractivity contribution in [2.75, 3.05) is 5.75 Å². The van der Waals surface area contributed by atoms with Gasteiger partial charge in [-0.15, -0.1) is 11.3 Å². The third-order valence-electron chi connectivity index (χ3n) is 3.41. The van der Waals surface area contributed by atoms with Gasteiger partial charge in [0, 0.05) is 30.4 Å². The van der Waals surface area contributed by atoms with E-state index in [1.807, 2.05) is 53.5 Å². The molecule has 0 amide bonds. The van der Waals surface area contributed by atoms with E-state index in [9.17, 15) is 10.1 Å². The van der Waals surface area contributed by atoms with Crippen LogP contribution in [-0.2, 0) is 11.8 Å². The van der Waals surface area contributed by atoms with Crippen molar-refractivity contribution < 1.29 is 4.79 Å². The topological polar surface area (TPSA) is 71.6 Å². The molecule has 2 heterocycles. The molecule has 3 rings (SSSR count). The Bertz CT molecular complexity index is 879. The fraction of sp³-hybridized carbons (Fsp3) is 0.176. The fourth-order valence-electron chi connectivity index (χ4n) is 2.14. The summed E-state index contributed by atoms with van der Waals surface area (Å²) in [6.45, 7) is 0. The van der Waals surface area contributed by atoms with E-state index in [1.54, 1.807) is 6.20 Å². The summed E-state index contributed by atoms with van der Waals surface area (Å²) >= 11 is 2.68. The molecule has 0 saturated heterocycles. The largest absolute Gasteiger partial charge is 0.329 e. The Kier molecular flexibility index (Phi) is 5.08. The summed E-state index contributed by atoms with van der Waals surface area (Å²) in [4.78, 5) is 21.1. The zero-order valence-corrected chi connectivity index (χ0v) is 14.5. The number of nitrogens with zero attached hydrogens (tertiary/aromatic N) is 4. The van der Waals surface area contributed by atoms with Crippen LogP contribution >= 0.6 is 23.1 Å². The SMILES string of the molecule is Cn1ccnc1SCC(=O)C(C#N)c1nc(-c2ccccc2)cs1. The van der Waals surface area contributed by atoms with Gasteiger partial charge in [0.05, 0.1) is 17.5 Å². The van der Waals surface area contributed by atoms with Gasteiger partial charge in [0.1, 0.15) is 5.01 Å². The highest BCUT2D eigenvalue weighted by Gasteiger charge is 2.24. The first-order chi connectivity index (χ1) is 11.7. The molecule has 0 bridgehead atoms. The van der Waals surface area contributed by atoms with E-state index < -0.39 is 5.92 Å². The number of nitriles is 1. The molecule has 120 valence electrons. The normalized spacial score (nSPS) is 11.8. The van der Waals surface area contributed by atoms with Crippen LogP contribution in [-0.4, -0.2) is 26.1 Å². The molecule has 0 fully saturated rings. The third-order valence-corrected chi connectivity index (χ3v) is 5.40. The van der Waals surface area contributed by atoms with Crippen LogP contribution in [0.5, 0.6) is 0 Å². The first kappa shape index (κ1) is 16.4. The summed E-state index contributed by atoms with van der Waals surface area (Å²) in [5.74, 6) is -0.789. The van der Waals surface area contributed by atoms with Gasteiger partial charge in [-0.05, 0) is 0 Å². The Morgan fingerprint density at radius 3 is 2.88 bits per heavy atom. The van der Waals surface area contributed by atoms with E-state index in [2.05, 4.69) is 16.0 Å². The predicted molar refractivity (Wildman–Crippen MR) is 94.8 cm³/mol. The zero-order chi connectivity index (χ0) is 16.9. The first-order valence-corrected chi connectivity index (χ1v) is 9.09. The lowest BCUT2D eigenvalue weighted by atomic mass is 10.1. The summed E-state index contributed by atoms with van der Waals surface area (Å²) in [6.07, 6.45) is 3.50. The Balaban J connectivity index is 1.72. The van der Waals surface area contributed by atoms with Crippen LogP contribution in [0.4, 0.5) is 0 Å². The van der Waals surface area contributed by atoms with E-state index in [-0.39, 0.29) is 11.5 Å². The molecule has 0 saturated carbocycles. The molecule has 1 aromatic carbocycles. The van der Waals surface area contributed by atoms with Crippen molar-refractivity contribution in [3.05, 3.63) is 53.1 Å². The first-order valence-electron chi connectivity index (χ1n) is 7.22. The molecule has 0 radical (unpaired) electrons. The average Bonchev–Trinajstić information content (AvgIpc) is 3.24. The van der Waals surface area contributed by atoms with Crippen LogP contribution in [0.2, 0.25) is 0 Å². The molecular formula is C17H14N4OS2. The molecule has 0 aliphatic carbocycles. The minimum absolute atomic E-state index is 0.153. The number of thiazole rings is 1. The molecular weight excluding hydrogens is 340 g/mol. The second-order valence-electron chi connectivity index (χ2n) is 5.07. The monoisotopic (exact) mass is 354 g/mol. The summed E-state index contributed by atoms with van der Waals surface area (Å²) in [6, 6.07) is 11.8. The second-order valence-corrected chi connectivity index (χ2v) is 6.91. The van der Waals surface area contributed by atoms with Gasteiger partial charge < -0.3 is 4.57 Å². The van der Waals surface area contributed by atoms with Crippen molar-refractivity contribution in [2.45, 2.75) is 11.1 Å². The molecule has 2 aromatic heterocycles. The lowest BCUT2D eigenvalue weighted by Gasteiger charge is -2.05. The van der Waals surface area contributed by atoms with Gasteiger partial charge in [-0.2, -0.15) is 5.26 Å². The average molecular weight is 354 g/mol. The minimum Gasteiger partial charge on any atom is -0.329 e. The highest BCUT2D eigenvalue weighted by Crippen LogP contribution is 2.28. The zero-order valence-electron chi connectivity index (χ0n) is 12.9. The van der Waals surface area contributed by atoms with E-state index >= 15 is 0 Å². The van der Waals surface area contributed by atoms with Crippen LogP contribution in [0.25, 0.3) is 11.3 Å². The third kappa shape index (κ3) is 3.55. The number of benzene rings is 1. The molecule has 0 N–H and O–H groups in total. The number of aromatic nitrogens is 3. The minimum atomic E-state index is -0.833. The maximum Gasteiger partial charge on any atom is 0.168 e. The highest BCUT2D eigenvalue weighted by atomic mass is 32.2. The number of thioether (sulfide) groups is 1. The Hall–Kier alpha value is -2.43. The number of rotatable bonds is 6. The van der Waals surface area contributed by atoms with Gasteiger partial charge in [-0.25, -0.2) is 9.97 Å². The smallest absolute Gasteiger partial charge is 0.168 e. The van der Waals surface area contributed by atoms with Crippen molar-refractivity contribution in [3.8, 4) is 17.3 Å². The number of aryl methyl sites for hydroxylation is 1. The molecule has 3 aromatic rings. The summed E-state index contributed by atoms with van der Waals surface area (Å²) in [5, 5.41) is 12.6. The summed E-state index contributed by atoms with van der Waals surface area (Å²) < 4.78 is 1.84. The Morgan fingerprint density at radius 1 is 1.42 bits per heavy atom. The summed E-state index contributed by atoms with van der Waals surface area (Å²) in [5.41, 5.74) is 1.77. The highest BCUT2D eigenvalue weighted by molar-refractivity contribution is 7.99. The Morgan fingerprint density at radius 2 is 2.21 bits per heavy atom. The molecule has 0 aliphatic rings. The van der Waals surface area contributed by atoms with Crippen LogP contribution in [0.15, 0.2) is 53.3 Å².